The Morgan fingerprint density at radius 1 is 0.462 bits per heavy atom. The van der Waals surface area contributed by atoms with Crippen molar-refractivity contribution < 1.29 is 53.4 Å². The van der Waals surface area contributed by atoms with Crippen molar-refractivity contribution in [2.45, 2.75) is 15.2 Å². The van der Waals surface area contributed by atoms with Crippen molar-refractivity contribution in [3.63, 3.8) is 0 Å². The number of hydrogen-bond donors (Lipinski definition) is 0. The molecule has 0 atom stereocenters. The molecule has 0 nitrogen and oxygen atoms in total. The summed E-state index contributed by atoms with van der Waals surface area (Å²) in [5.41, 5.74) is 0. The normalized spacial score (nSPS) is 15.9. The maximum absolute atomic E-state index is 11.3. The first kappa shape index (κ1) is 12.9. The summed E-state index contributed by atoms with van der Waals surface area (Å²) >= 11 is -5.50. The molecule has 0 saturated carbocycles. The molecule has 0 aliphatic heterocycles. The van der Waals surface area contributed by atoms with E-state index in [2.05, 4.69) is 0 Å². The van der Waals surface area contributed by atoms with Gasteiger partial charge in [-0.05, 0) is 0 Å². The fourth-order valence-corrected chi connectivity index (χ4v) is 1.20. The van der Waals surface area contributed by atoms with Gasteiger partial charge < -0.3 is 0 Å². The van der Waals surface area contributed by atoms with Crippen molar-refractivity contribution >= 4 is 0 Å². The molecular weight excluding hydrogens is 271 g/mol. The molecule has 0 aliphatic carbocycles. The quantitative estimate of drug-likeness (QED) is 0.468. The van der Waals surface area contributed by atoms with Crippen LogP contribution in [0.3, 0.4) is 0 Å². The van der Waals surface area contributed by atoms with Crippen LogP contribution in [0, 0.1) is 0 Å². The fraction of sp³-hybridized carbons (Fsp3) is 1.00. The summed E-state index contributed by atoms with van der Waals surface area (Å²) in [6, 6.07) is 0. The fourth-order valence-electron chi connectivity index (χ4n) is 0.291. The van der Waals surface area contributed by atoms with E-state index in [9.17, 15) is 39.5 Å². The second-order valence-electron chi connectivity index (χ2n) is 1.38. The predicted octanol–water partition coefficient (Wildman–Crippen LogP) is 3.16. The van der Waals surface area contributed by atoms with Gasteiger partial charge in [0, 0.05) is 0 Å². The van der Waals surface area contributed by atoms with Gasteiger partial charge in [0.05, 0.1) is 0 Å². The summed E-state index contributed by atoms with van der Waals surface area (Å²) in [6.07, 6.45) is 0. The molecule has 0 rings (SSSR count). The molecule has 0 spiro atoms. The van der Waals surface area contributed by atoms with Gasteiger partial charge in [-0.25, -0.2) is 0 Å². The van der Waals surface area contributed by atoms with Crippen LogP contribution in [0.1, 0.15) is 0 Å². The summed E-state index contributed by atoms with van der Waals surface area (Å²) in [4.78, 5) is 0. The van der Waals surface area contributed by atoms with Crippen LogP contribution < -0.4 is 0 Å². The van der Waals surface area contributed by atoms with E-state index in [-0.39, 0.29) is 0 Å². The molecule has 10 heteroatoms. The van der Waals surface area contributed by atoms with Gasteiger partial charge in [-0.15, -0.1) is 0 Å². The number of halogens is 9. The second kappa shape index (κ2) is 3.23. The zero-order chi connectivity index (χ0) is 11.1. The third-order valence-corrected chi connectivity index (χ3v) is 2.11. The molecule has 0 aliphatic rings. The average molecular weight is 271 g/mol. The topological polar surface area (TPSA) is 0 Å². The van der Waals surface area contributed by atoms with Crippen molar-refractivity contribution in [1.82, 2.24) is 0 Å². The molecule has 0 aromatic heterocycles. The van der Waals surface area contributed by atoms with E-state index < -0.39 is 29.1 Å². The van der Waals surface area contributed by atoms with E-state index in [0.717, 1.165) is 0 Å². The van der Waals surface area contributed by atoms with Crippen LogP contribution in [0.25, 0.3) is 0 Å². The van der Waals surface area contributed by atoms with Crippen LogP contribution in [0.15, 0.2) is 0 Å². The first-order chi connectivity index (χ1) is 5.37. The van der Waals surface area contributed by atoms with E-state index in [0.29, 0.717) is 0 Å². The van der Waals surface area contributed by atoms with Crippen molar-refractivity contribution in [2.75, 3.05) is 0 Å². The summed E-state index contributed by atoms with van der Waals surface area (Å²) in [5.74, 6) is 0. The monoisotopic (exact) mass is 270 g/mol. The Morgan fingerprint density at radius 2 is 0.615 bits per heavy atom. The second-order valence-corrected chi connectivity index (χ2v) is 3.69. The van der Waals surface area contributed by atoms with Gasteiger partial charge in [0.15, 0.2) is 0 Å². The Bertz CT molecular complexity index is 137. The van der Waals surface area contributed by atoms with Crippen molar-refractivity contribution in [3.05, 3.63) is 0 Å². The summed E-state index contributed by atoms with van der Waals surface area (Å²) in [6.45, 7) is 0. The first-order valence-corrected chi connectivity index (χ1v) is 3.57. The Morgan fingerprint density at radius 3 is 0.615 bits per heavy atom. The van der Waals surface area contributed by atoms with E-state index in [4.69, 9.17) is 0 Å². The van der Waals surface area contributed by atoms with E-state index in [1.807, 2.05) is 0 Å². The molecule has 13 heavy (non-hydrogen) atoms. The maximum atomic E-state index is 11.3. The van der Waals surface area contributed by atoms with Gasteiger partial charge in [-0.3, -0.25) is 0 Å². The van der Waals surface area contributed by atoms with Gasteiger partial charge >= 0.3 is 68.6 Å². The molecule has 0 heterocycles. The van der Waals surface area contributed by atoms with E-state index in [1.165, 1.54) is 0 Å². The number of hydrogen-bond acceptors (Lipinski definition) is 0. The van der Waals surface area contributed by atoms with Crippen LogP contribution in [-0.4, -0.2) is 15.2 Å². The predicted molar refractivity (Wildman–Crippen MR) is 18.2 cm³/mol. The number of alkyl halides is 9. The molecular formula is C3CuF9. The zero-order valence-corrected chi connectivity index (χ0v) is 6.14. The van der Waals surface area contributed by atoms with Crippen molar-refractivity contribution in [3.8, 4) is 0 Å². The van der Waals surface area contributed by atoms with E-state index >= 15 is 0 Å². The number of rotatable bonds is 0. The van der Waals surface area contributed by atoms with Crippen molar-refractivity contribution in [1.29, 1.82) is 0 Å². The van der Waals surface area contributed by atoms with Crippen LogP contribution in [0.2, 0.25) is 0 Å². The minimum absolute atomic E-state index is 5.50. The molecule has 0 N–H and O–H groups in total. The molecule has 0 amide bonds. The van der Waals surface area contributed by atoms with Gasteiger partial charge in [0.25, 0.3) is 0 Å². The average Bonchev–Trinajstić information content (AvgIpc) is 1.44. The van der Waals surface area contributed by atoms with Gasteiger partial charge in [0.1, 0.15) is 0 Å². The Kier molecular flexibility index (Phi) is 3.20. The summed E-state index contributed by atoms with van der Waals surface area (Å²) in [5, 5.41) is -19.0. The van der Waals surface area contributed by atoms with Crippen LogP contribution >= 0.6 is 0 Å². The molecule has 0 bridgehead atoms. The summed E-state index contributed by atoms with van der Waals surface area (Å²) in [7, 11) is 0. The van der Waals surface area contributed by atoms with Crippen molar-refractivity contribution in [2.24, 2.45) is 0 Å². The Balaban J connectivity index is 5.02. The molecule has 86 valence electrons. The van der Waals surface area contributed by atoms with Crippen LogP contribution in [0.4, 0.5) is 39.5 Å². The third-order valence-electron chi connectivity index (χ3n) is 0.513. The van der Waals surface area contributed by atoms with Crippen LogP contribution in [-0.2, 0) is 13.9 Å². The van der Waals surface area contributed by atoms with E-state index in [1.54, 1.807) is 0 Å². The first-order valence-electron chi connectivity index (χ1n) is 2.15. The molecule has 0 radical (unpaired) electrons. The summed E-state index contributed by atoms with van der Waals surface area (Å²) < 4.78 is 102. The Labute approximate surface area is 69.6 Å². The van der Waals surface area contributed by atoms with Gasteiger partial charge in [-0.1, -0.05) is 0 Å². The Hall–Kier alpha value is -0.111. The molecule has 0 unspecified atom stereocenters. The zero-order valence-electron chi connectivity index (χ0n) is 5.20. The molecule has 0 aromatic rings. The molecule has 0 aromatic carbocycles. The minimum atomic E-state index is -6.34. The molecule has 0 fully saturated rings. The standard InChI is InChI=1S/3CF3.Cu/c3*2-1(3)4;. The van der Waals surface area contributed by atoms with Gasteiger partial charge in [0.2, 0.25) is 0 Å². The molecule has 0 saturated heterocycles. The third kappa shape index (κ3) is 3.63. The van der Waals surface area contributed by atoms with Crippen LogP contribution in [0.5, 0.6) is 0 Å². The van der Waals surface area contributed by atoms with Gasteiger partial charge in [-0.2, -0.15) is 0 Å². The SMILES string of the molecule is F[C](F)(F)[Cu]([C](F)(F)F)[C](F)(F)F.